The summed E-state index contributed by atoms with van der Waals surface area (Å²) in [5, 5.41) is 36.0. The minimum Gasteiger partial charge on any atom is -0.463 e. The molecule has 0 saturated heterocycles. The number of carbonyl (C=O) groups is 2. The Morgan fingerprint density at radius 3 is 1.87 bits per heavy atom. The summed E-state index contributed by atoms with van der Waals surface area (Å²) in [6, 6.07) is 13.2. The largest absolute Gasteiger partial charge is 0.463 e. The van der Waals surface area contributed by atoms with Gasteiger partial charge in [-0.2, -0.15) is 26.3 Å². The fourth-order valence-electron chi connectivity index (χ4n) is 12.7. The first-order chi connectivity index (χ1) is 29.0. The van der Waals surface area contributed by atoms with Gasteiger partial charge in [-0.25, -0.2) is 9.59 Å². The average molecular weight is 885 g/mol. The van der Waals surface area contributed by atoms with Gasteiger partial charge < -0.3 is 34.3 Å². The Morgan fingerprint density at radius 1 is 0.790 bits per heavy atom. The van der Waals surface area contributed by atoms with Gasteiger partial charge in [0.25, 0.3) is 11.2 Å². The maximum atomic E-state index is 14.6. The van der Waals surface area contributed by atoms with Crippen molar-refractivity contribution in [2.75, 3.05) is 20.8 Å². The van der Waals surface area contributed by atoms with Crippen LogP contribution in [0.25, 0.3) is 0 Å². The van der Waals surface area contributed by atoms with Crippen molar-refractivity contribution in [3.8, 4) is 0 Å². The lowest BCUT2D eigenvalue weighted by atomic mass is 9.42. The third-order valence-corrected chi connectivity index (χ3v) is 16.0. The van der Waals surface area contributed by atoms with E-state index in [9.17, 15) is 51.3 Å². The number of hydrogen-bond donors (Lipinski definition) is 3. The maximum absolute atomic E-state index is 14.6. The van der Waals surface area contributed by atoms with Crippen LogP contribution in [0.1, 0.15) is 103 Å². The van der Waals surface area contributed by atoms with Gasteiger partial charge in [0, 0.05) is 37.2 Å². The molecule has 0 amide bonds. The van der Waals surface area contributed by atoms with Gasteiger partial charge in [0.05, 0.1) is 24.4 Å². The number of benzene rings is 2. The van der Waals surface area contributed by atoms with Crippen LogP contribution in [0.4, 0.5) is 26.3 Å². The number of fused-ring (bicyclic) bond motifs is 5. The summed E-state index contributed by atoms with van der Waals surface area (Å²) < 4.78 is 108. The first kappa shape index (κ1) is 48.2. The number of halogens is 6. The summed E-state index contributed by atoms with van der Waals surface area (Å²) in [5.41, 5.74) is -10.4. The summed E-state index contributed by atoms with van der Waals surface area (Å²) in [5.74, 6) is -3.57. The number of ether oxygens (including phenoxy) is 4. The number of hydrogen-bond acceptors (Lipinski definition) is 9. The van der Waals surface area contributed by atoms with E-state index >= 15 is 0 Å². The molecule has 3 N–H and O–H groups in total. The average Bonchev–Trinajstić information content (AvgIpc) is 3.49. The molecule has 346 valence electrons. The summed E-state index contributed by atoms with van der Waals surface area (Å²) in [6.45, 7) is 7.84. The monoisotopic (exact) mass is 884 g/mol. The van der Waals surface area contributed by atoms with Crippen LogP contribution >= 0.6 is 0 Å². The fraction of sp³-hybridized carbons (Fsp3) is 0.702. The van der Waals surface area contributed by atoms with E-state index in [1.807, 2.05) is 13.8 Å². The lowest BCUT2D eigenvalue weighted by Gasteiger charge is -2.65. The number of carbonyl (C=O) groups excluding carboxylic acids is 2. The Balaban J connectivity index is 1.08. The summed E-state index contributed by atoms with van der Waals surface area (Å²) in [4.78, 5) is 26.6. The molecule has 2 aromatic carbocycles. The molecule has 0 bridgehead atoms. The Morgan fingerprint density at radius 2 is 1.34 bits per heavy atom. The van der Waals surface area contributed by atoms with Gasteiger partial charge >= 0.3 is 24.3 Å². The van der Waals surface area contributed by atoms with E-state index in [1.165, 1.54) is 48.5 Å². The van der Waals surface area contributed by atoms with E-state index in [1.54, 1.807) is 0 Å². The van der Waals surface area contributed by atoms with Crippen molar-refractivity contribution in [1.29, 1.82) is 0 Å². The van der Waals surface area contributed by atoms with Gasteiger partial charge in [0.15, 0.2) is 0 Å². The molecule has 4 fully saturated rings. The molecule has 0 radical (unpaired) electrons. The van der Waals surface area contributed by atoms with Gasteiger partial charge in [-0.15, -0.1) is 0 Å². The van der Waals surface area contributed by atoms with Gasteiger partial charge in [0.2, 0.25) is 0 Å². The third-order valence-electron chi connectivity index (χ3n) is 16.0. The van der Waals surface area contributed by atoms with Crippen LogP contribution in [0, 0.1) is 46.3 Å². The number of esters is 2. The molecule has 15 heteroatoms. The molecule has 0 aromatic heterocycles. The van der Waals surface area contributed by atoms with Crippen molar-refractivity contribution in [2.24, 2.45) is 46.3 Å². The molecule has 0 unspecified atom stereocenters. The van der Waals surface area contributed by atoms with Crippen molar-refractivity contribution >= 4 is 11.9 Å². The highest BCUT2D eigenvalue weighted by Gasteiger charge is 2.70. The highest BCUT2D eigenvalue weighted by atomic mass is 19.4. The normalized spacial score (nSPS) is 35.2. The molecule has 4 aliphatic carbocycles. The van der Waals surface area contributed by atoms with Crippen LogP contribution in [0.3, 0.4) is 0 Å². The second kappa shape index (κ2) is 17.6. The van der Waals surface area contributed by atoms with Crippen molar-refractivity contribution in [3.63, 3.8) is 0 Å². The minimum absolute atomic E-state index is 0.119. The van der Waals surface area contributed by atoms with Crippen LogP contribution in [0.2, 0.25) is 0 Å². The van der Waals surface area contributed by atoms with Crippen LogP contribution in [0.5, 0.6) is 0 Å². The second-order valence-electron chi connectivity index (χ2n) is 19.2. The van der Waals surface area contributed by atoms with Crippen LogP contribution in [0.15, 0.2) is 60.7 Å². The predicted octanol–water partition coefficient (Wildman–Crippen LogP) is 8.81. The second-order valence-corrected chi connectivity index (χ2v) is 19.2. The molecule has 14 atom stereocenters. The number of alkyl halides is 6. The SMILES string of the molecule is CO[C@@](C(=O)OC[C@@H](C)CCC[C@@H](C)[C@H]1C[C@H](O)[C@H]2[C@@H]3C[C@@H](O)[C@@]4(O)C[C@@H](OC(=O)[C@](OC)(c5ccccc5)C(F)(F)F)CC[C@]4(C)[C@H]3CC[C@@]21C)(c1ccccc1)C(F)(F)F. The lowest BCUT2D eigenvalue weighted by Crippen LogP contribution is -2.69. The summed E-state index contributed by atoms with van der Waals surface area (Å²) >= 11 is 0. The molecule has 9 nitrogen and oxygen atoms in total. The van der Waals surface area contributed by atoms with Crippen LogP contribution in [-0.4, -0.2) is 84.4 Å². The minimum atomic E-state index is -5.16. The lowest BCUT2D eigenvalue weighted by molar-refractivity contribution is -0.288. The van der Waals surface area contributed by atoms with E-state index in [0.29, 0.717) is 25.7 Å². The molecule has 4 saturated carbocycles. The van der Waals surface area contributed by atoms with Crippen molar-refractivity contribution in [3.05, 3.63) is 71.8 Å². The van der Waals surface area contributed by atoms with Crippen molar-refractivity contribution in [2.45, 2.75) is 139 Å². The molecule has 2 aromatic rings. The first-order valence-electron chi connectivity index (χ1n) is 21.8. The van der Waals surface area contributed by atoms with Crippen molar-refractivity contribution < 1.29 is 70.2 Å². The van der Waals surface area contributed by atoms with E-state index in [2.05, 4.69) is 13.8 Å². The van der Waals surface area contributed by atoms with Crippen molar-refractivity contribution in [1.82, 2.24) is 0 Å². The molecule has 0 spiro atoms. The predicted molar refractivity (Wildman–Crippen MR) is 215 cm³/mol. The number of aliphatic hydroxyl groups excluding tert-OH is 2. The Labute approximate surface area is 359 Å². The molecular formula is C47H62F6O9. The van der Waals surface area contributed by atoms with Gasteiger partial charge in [-0.3, -0.25) is 0 Å². The Kier molecular flexibility index (Phi) is 13.7. The van der Waals surface area contributed by atoms with E-state index in [-0.39, 0.29) is 78.8 Å². The third kappa shape index (κ3) is 7.87. The smallest absolute Gasteiger partial charge is 0.432 e. The Bertz CT molecular complexity index is 1870. The highest BCUT2D eigenvalue weighted by Crippen LogP contribution is 2.69. The van der Waals surface area contributed by atoms with Gasteiger partial charge in [-0.1, -0.05) is 101 Å². The highest BCUT2D eigenvalue weighted by molar-refractivity contribution is 5.83. The number of rotatable bonds is 14. The van der Waals surface area contributed by atoms with E-state index < -0.39 is 70.4 Å². The standard InChI is InChI=1S/C47H62F6O9/c1-28(27-61-39(56)44(59-5,46(48,49)50)30-16-9-7-10-17-30)14-13-15-29(2)35-25-36(54)38-33-24-37(55)43(58)26-32(20-23-42(43,4)34(33)21-22-41(35,38)3)62-40(57)45(60-6,47(51,52)53)31-18-11-8-12-19-31/h7-12,16-19,28-29,32-38,54-55,58H,13-15,20-27H2,1-6H3/t28-,29+,32-,33+,34-,35+,36-,37+,38+,41+,42+,43-,44+,45+/m0/s1. The first-order valence-corrected chi connectivity index (χ1v) is 21.8. The van der Waals surface area contributed by atoms with Gasteiger partial charge in [0.1, 0.15) is 6.10 Å². The molecule has 6 rings (SSSR count). The fourth-order valence-corrected chi connectivity index (χ4v) is 12.7. The topological polar surface area (TPSA) is 132 Å². The van der Waals surface area contributed by atoms with Crippen LogP contribution in [-0.2, 0) is 39.7 Å². The molecule has 0 aliphatic heterocycles. The van der Waals surface area contributed by atoms with Gasteiger partial charge in [-0.05, 0) is 85.9 Å². The maximum Gasteiger partial charge on any atom is 0.432 e. The molecular weight excluding hydrogens is 822 g/mol. The zero-order valence-corrected chi connectivity index (χ0v) is 36.3. The molecule has 0 heterocycles. The zero-order chi connectivity index (χ0) is 45.7. The summed E-state index contributed by atoms with van der Waals surface area (Å²) in [6.07, 6.45) is -8.89. The molecule has 4 aliphatic rings. The zero-order valence-electron chi connectivity index (χ0n) is 36.3. The van der Waals surface area contributed by atoms with E-state index in [4.69, 9.17) is 18.9 Å². The van der Waals surface area contributed by atoms with Crippen LogP contribution < -0.4 is 0 Å². The molecule has 62 heavy (non-hydrogen) atoms. The summed E-state index contributed by atoms with van der Waals surface area (Å²) in [7, 11) is 1.63. The quantitative estimate of drug-likeness (QED) is 0.126. The number of methoxy groups -OCH3 is 2. The van der Waals surface area contributed by atoms with E-state index in [0.717, 1.165) is 39.2 Å². The number of aliphatic hydroxyl groups is 3. The Hall–Kier alpha value is -3.24.